The Balaban J connectivity index is 1.14. The van der Waals surface area contributed by atoms with Crippen molar-refractivity contribution in [3.8, 4) is 28.7 Å². The predicted molar refractivity (Wildman–Crippen MR) is 190 cm³/mol. The number of fused-ring (bicyclic) bond motifs is 9. The van der Waals surface area contributed by atoms with Gasteiger partial charge in [-0.2, -0.15) is 5.26 Å². The third kappa shape index (κ3) is 3.67. The van der Waals surface area contributed by atoms with Gasteiger partial charge in [0.2, 0.25) is 0 Å². The lowest BCUT2D eigenvalue weighted by atomic mass is 10.0. The minimum Gasteiger partial charge on any atom is -0.455 e. The van der Waals surface area contributed by atoms with Gasteiger partial charge in [-0.05, 0) is 66.2 Å². The Labute approximate surface area is 268 Å². The minimum absolute atomic E-state index is 0.651. The number of pyridine rings is 1. The van der Waals surface area contributed by atoms with Crippen molar-refractivity contribution >= 4 is 65.6 Å². The van der Waals surface area contributed by atoms with E-state index in [0.717, 1.165) is 82.8 Å². The van der Waals surface area contributed by atoms with E-state index in [2.05, 4.69) is 112 Å². The topological polar surface area (TPSA) is 59.7 Å². The van der Waals surface area contributed by atoms with Crippen LogP contribution >= 0.6 is 0 Å². The highest BCUT2D eigenvalue weighted by atomic mass is 16.3. The molecule has 218 valence electrons. The van der Waals surface area contributed by atoms with E-state index < -0.39 is 0 Å². The van der Waals surface area contributed by atoms with Crippen molar-refractivity contribution < 1.29 is 4.42 Å². The molecule has 0 aliphatic carbocycles. The van der Waals surface area contributed by atoms with Crippen LogP contribution in [-0.2, 0) is 0 Å². The molecule has 0 atom stereocenters. The highest BCUT2D eigenvalue weighted by Gasteiger charge is 2.18. The van der Waals surface area contributed by atoms with E-state index in [-0.39, 0.29) is 0 Å². The minimum atomic E-state index is 0.651. The molecule has 6 aromatic carbocycles. The number of nitriles is 1. The molecule has 0 unspecified atom stereocenters. The molecule has 0 radical (unpaired) electrons. The van der Waals surface area contributed by atoms with Gasteiger partial charge in [0.05, 0.1) is 45.6 Å². The maximum absolute atomic E-state index is 9.53. The van der Waals surface area contributed by atoms with Crippen molar-refractivity contribution in [3.63, 3.8) is 0 Å². The molecular weight excluding hydrogens is 576 g/mol. The molecule has 0 spiro atoms. The summed E-state index contributed by atoms with van der Waals surface area (Å²) in [7, 11) is 0. The number of aromatic nitrogens is 3. The number of rotatable bonds is 3. The molecule has 0 saturated heterocycles. The van der Waals surface area contributed by atoms with Crippen LogP contribution in [0, 0.1) is 11.3 Å². The molecule has 0 aliphatic rings. The molecule has 0 fully saturated rings. The Kier molecular flexibility index (Phi) is 5.28. The average Bonchev–Trinajstić information content (AvgIpc) is 3.79. The molecule has 5 nitrogen and oxygen atoms in total. The van der Waals surface area contributed by atoms with E-state index in [1.54, 1.807) is 0 Å². The number of hydrogen-bond acceptors (Lipinski definition) is 3. The molecule has 0 bridgehead atoms. The van der Waals surface area contributed by atoms with Crippen molar-refractivity contribution in [1.29, 1.82) is 5.26 Å². The summed E-state index contributed by atoms with van der Waals surface area (Å²) in [5.74, 6) is 0.847. The summed E-state index contributed by atoms with van der Waals surface area (Å²) in [6, 6.07) is 50.4. The first-order valence-corrected chi connectivity index (χ1v) is 15.6. The molecule has 10 rings (SSSR count). The first-order chi connectivity index (χ1) is 23.3. The number of para-hydroxylation sites is 4. The number of nitrogens with zero attached hydrogens (tertiary/aromatic N) is 4. The highest BCUT2D eigenvalue weighted by molar-refractivity contribution is 6.13. The Hall–Kier alpha value is -6.64. The normalized spacial score (nSPS) is 11.8. The maximum Gasteiger partial charge on any atom is 0.143 e. The van der Waals surface area contributed by atoms with Crippen LogP contribution in [0.1, 0.15) is 5.56 Å². The van der Waals surface area contributed by atoms with Gasteiger partial charge in [0.25, 0.3) is 0 Å². The quantitative estimate of drug-likeness (QED) is 0.203. The van der Waals surface area contributed by atoms with Crippen LogP contribution in [0.5, 0.6) is 0 Å². The van der Waals surface area contributed by atoms with Crippen LogP contribution in [0.15, 0.2) is 150 Å². The largest absolute Gasteiger partial charge is 0.455 e. The zero-order valence-corrected chi connectivity index (χ0v) is 25.1. The Morgan fingerprint density at radius 2 is 1.19 bits per heavy atom. The number of benzene rings is 6. The monoisotopic (exact) mass is 600 g/mol. The van der Waals surface area contributed by atoms with Crippen LogP contribution < -0.4 is 0 Å². The number of furan rings is 1. The Bertz CT molecular complexity index is 2920. The van der Waals surface area contributed by atoms with Crippen LogP contribution in [0.25, 0.3) is 88.2 Å². The van der Waals surface area contributed by atoms with Gasteiger partial charge in [-0.25, -0.2) is 4.98 Å². The molecule has 0 amide bonds. The molecule has 47 heavy (non-hydrogen) atoms. The lowest BCUT2D eigenvalue weighted by Crippen LogP contribution is -2.00. The summed E-state index contributed by atoms with van der Waals surface area (Å²) in [6.45, 7) is 0. The van der Waals surface area contributed by atoms with E-state index in [9.17, 15) is 5.26 Å². The first-order valence-electron chi connectivity index (χ1n) is 15.6. The average molecular weight is 601 g/mol. The van der Waals surface area contributed by atoms with E-state index in [4.69, 9.17) is 9.40 Å². The van der Waals surface area contributed by atoms with Crippen molar-refractivity contribution in [2.75, 3.05) is 0 Å². The molecule has 4 aromatic heterocycles. The van der Waals surface area contributed by atoms with E-state index >= 15 is 0 Å². The summed E-state index contributed by atoms with van der Waals surface area (Å²) in [5, 5.41) is 16.3. The maximum atomic E-state index is 9.53. The second-order valence-electron chi connectivity index (χ2n) is 11.9. The smallest absolute Gasteiger partial charge is 0.143 e. The molecule has 0 N–H and O–H groups in total. The summed E-state index contributed by atoms with van der Waals surface area (Å²) < 4.78 is 10.9. The second kappa shape index (κ2) is 9.68. The standard InChI is InChI=1S/C42H24N4O/c43-24-26-16-19-38-34(22-26)30-8-1-4-13-36(30)45(38)28-18-21-41(44-25-28)46-37-14-5-2-9-31(37)35-23-27(17-20-39(35)46)29-11-7-12-33-32-10-3-6-15-40(32)47-42(29)33/h1-23,25H. The molecule has 4 heterocycles. The van der Waals surface area contributed by atoms with Gasteiger partial charge in [0.15, 0.2) is 0 Å². The molecule has 0 aliphatic heterocycles. The molecular formula is C42H24N4O. The van der Waals surface area contributed by atoms with Gasteiger partial charge in [-0.1, -0.05) is 78.9 Å². The van der Waals surface area contributed by atoms with Gasteiger partial charge in [0, 0.05) is 37.9 Å². The Morgan fingerprint density at radius 3 is 1.98 bits per heavy atom. The summed E-state index contributed by atoms with van der Waals surface area (Å²) in [6.07, 6.45) is 1.94. The number of hydrogen-bond donors (Lipinski definition) is 0. The summed E-state index contributed by atoms with van der Waals surface area (Å²) in [4.78, 5) is 5.05. The van der Waals surface area contributed by atoms with E-state index in [0.29, 0.717) is 5.56 Å². The fourth-order valence-corrected chi connectivity index (χ4v) is 7.33. The zero-order chi connectivity index (χ0) is 31.1. The predicted octanol–water partition coefficient (Wildman–Crippen LogP) is 10.7. The molecule has 0 saturated carbocycles. The summed E-state index contributed by atoms with van der Waals surface area (Å²) in [5.41, 5.74) is 9.92. The van der Waals surface area contributed by atoms with Crippen molar-refractivity contribution in [2.24, 2.45) is 0 Å². The van der Waals surface area contributed by atoms with Crippen molar-refractivity contribution in [1.82, 2.24) is 14.1 Å². The van der Waals surface area contributed by atoms with Gasteiger partial charge < -0.3 is 8.98 Å². The van der Waals surface area contributed by atoms with Crippen LogP contribution in [0.3, 0.4) is 0 Å². The first kappa shape index (κ1) is 25.7. The van der Waals surface area contributed by atoms with Crippen molar-refractivity contribution in [2.45, 2.75) is 0 Å². The highest BCUT2D eigenvalue weighted by Crippen LogP contribution is 2.39. The van der Waals surface area contributed by atoms with Crippen LogP contribution in [-0.4, -0.2) is 14.1 Å². The van der Waals surface area contributed by atoms with Gasteiger partial charge in [-0.15, -0.1) is 0 Å². The third-order valence-corrected chi connectivity index (χ3v) is 9.41. The lowest BCUT2D eigenvalue weighted by molar-refractivity contribution is 0.670. The Morgan fingerprint density at radius 1 is 0.532 bits per heavy atom. The zero-order valence-electron chi connectivity index (χ0n) is 25.1. The van der Waals surface area contributed by atoms with E-state index in [1.807, 2.05) is 48.7 Å². The van der Waals surface area contributed by atoms with Crippen LogP contribution in [0.2, 0.25) is 0 Å². The third-order valence-electron chi connectivity index (χ3n) is 9.41. The molecule has 10 aromatic rings. The van der Waals surface area contributed by atoms with E-state index in [1.165, 1.54) is 5.39 Å². The van der Waals surface area contributed by atoms with Gasteiger partial charge >= 0.3 is 0 Å². The summed E-state index contributed by atoms with van der Waals surface area (Å²) >= 11 is 0. The van der Waals surface area contributed by atoms with Gasteiger partial charge in [-0.3, -0.25) is 4.57 Å². The SMILES string of the molecule is N#Cc1ccc2c(c1)c1ccccc1n2-c1ccc(-n2c3ccccc3c3cc(-c4cccc5c4oc4ccccc45)ccc32)nc1. The lowest BCUT2D eigenvalue weighted by Gasteiger charge is -2.11. The fourth-order valence-electron chi connectivity index (χ4n) is 7.33. The molecule has 5 heteroatoms. The van der Waals surface area contributed by atoms with Crippen molar-refractivity contribution in [3.05, 3.63) is 151 Å². The second-order valence-corrected chi connectivity index (χ2v) is 11.9. The van der Waals surface area contributed by atoms with Crippen LogP contribution in [0.4, 0.5) is 0 Å². The van der Waals surface area contributed by atoms with Gasteiger partial charge in [0.1, 0.15) is 17.0 Å². The fraction of sp³-hybridized carbons (Fsp3) is 0.